The molecule has 0 unspecified atom stereocenters. The summed E-state index contributed by atoms with van der Waals surface area (Å²) < 4.78 is 0. The predicted octanol–water partition coefficient (Wildman–Crippen LogP) is 3.95. The van der Waals surface area contributed by atoms with Crippen molar-refractivity contribution in [2.24, 2.45) is 0 Å². The van der Waals surface area contributed by atoms with Crippen molar-refractivity contribution in [3.8, 4) is 0 Å². The topological polar surface area (TPSA) is 20.3 Å². The van der Waals surface area contributed by atoms with E-state index in [-0.39, 0.29) is 0 Å². The maximum absolute atomic E-state index is 11.6. The van der Waals surface area contributed by atoms with E-state index in [2.05, 4.69) is 25.7 Å². The summed E-state index contributed by atoms with van der Waals surface area (Å²) in [7, 11) is 0. The van der Waals surface area contributed by atoms with E-state index in [4.69, 9.17) is 0 Å². The van der Waals surface area contributed by atoms with Crippen LogP contribution in [0.3, 0.4) is 0 Å². The van der Waals surface area contributed by atoms with Gasteiger partial charge >= 0.3 is 0 Å². The van der Waals surface area contributed by atoms with E-state index in [9.17, 15) is 4.79 Å². The molecule has 0 aromatic heterocycles. The third-order valence-electron chi connectivity index (χ3n) is 3.05. The fourth-order valence-electron chi connectivity index (χ4n) is 1.77. The zero-order valence-electron chi connectivity index (χ0n) is 11.8. The molecular formula is C14H29NOS. The average Bonchev–Trinajstić information content (AvgIpc) is 2.34. The number of thioether (sulfide) groups is 1. The molecule has 17 heavy (non-hydrogen) atoms. The van der Waals surface area contributed by atoms with Gasteiger partial charge in [0.25, 0.3) is 0 Å². The molecule has 0 amide bonds. The van der Waals surface area contributed by atoms with Gasteiger partial charge in [-0.2, -0.15) is 0 Å². The first-order valence-electron chi connectivity index (χ1n) is 7.12. The van der Waals surface area contributed by atoms with Crippen LogP contribution in [0.2, 0.25) is 0 Å². The third-order valence-corrected chi connectivity index (χ3v) is 3.96. The minimum absolute atomic E-state index is 0.383. The molecule has 0 bridgehead atoms. The van der Waals surface area contributed by atoms with E-state index >= 15 is 0 Å². The molecule has 0 saturated heterocycles. The molecule has 0 aliphatic rings. The lowest BCUT2D eigenvalue weighted by Gasteiger charge is -2.16. The molecule has 3 heteroatoms. The molecule has 0 atom stereocenters. The van der Waals surface area contributed by atoms with Crippen molar-refractivity contribution in [3.63, 3.8) is 0 Å². The summed E-state index contributed by atoms with van der Waals surface area (Å²) in [5.74, 6) is 0.954. The predicted molar refractivity (Wildman–Crippen MR) is 78.6 cm³/mol. The molecule has 0 N–H and O–H groups in total. The fraction of sp³-hybridized carbons (Fsp3) is 0.929. The lowest BCUT2D eigenvalue weighted by Crippen LogP contribution is -2.25. The standard InChI is InChI=1S/C14H29NOS/c1-4-7-8-9-10-11-14(16)17-13-12-15(5-2)6-3/h4-13H2,1-3H3. The van der Waals surface area contributed by atoms with Crippen LogP contribution in [0.4, 0.5) is 0 Å². The van der Waals surface area contributed by atoms with Crippen molar-refractivity contribution >= 4 is 16.9 Å². The Kier molecular flexibility index (Phi) is 12.4. The summed E-state index contributed by atoms with van der Waals surface area (Å²) in [6, 6.07) is 0. The van der Waals surface area contributed by atoms with Gasteiger partial charge in [0.15, 0.2) is 5.12 Å². The molecule has 0 fully saturated rings. The van der Waals surface area contributed by atoms with Gasteiger partial charge in [0, 0.05) is 18.7 Å². The van der Waals surface area contributed by atoms with Crippen LogP contribution in [0.15, 0.2) is 0 Å². The fourth-order valence-corrected chi connectivity index (χ4v) is 2.64. The SMILES string of the molecule is CCCCCCCC(=O)SCCN(CC)CC. The Bertz CT molecular complexity index is 181. The largest absolute Gasteiger partial charge is 0.303 e. The van der Waals surface area contributed by atoms with Crippen LogP contribution in [0.25, 0.3) is 0 Å². The Morgan fingerprint density at radius 1 is 1.00 bits per heavy atom. The van der Waals surface area contributed by atoms with Gasteiger partial charge in [0.1, 0.15) is 0 Å². The van der Waals surface area contributed by atoms with Gasteiger partial charge in [-0.05, 0) is 19.5 Å². The maximum atomic E-state index is 11.6. The number of carbonyl (C=O) groups excluding carboxylic acids is 1. The molecule has 0 aliphatic heterocycles. The van der Waals surface area contributed by atoms with E-state index in [1.165, 1.54) is 37.4 Å². The monoisotopic (exact) mass is 259 g/mol. The van der Waals surface area contributed by atoms with Crippen LogP contribution in [-0.4, -0.2) is 35.4 Å². The summed E-state index contributed by atoms with van der Waals surface area (Å²) in [4.78, 5) is 13.9. The van der Waals surface area contributed by atoms with Crippen molar-refractivity contribution in [2.45, 2.75) is 59.3 Å². The number of carbonyl (C=O) groups is 1. The zero-order chi connectivity index (χ0) is 12.9. The molecule has 0 aliphatic carbocycles. The van der Waals surface area contributed by atoms with E-state index in [1.807, 2.05) is 0 Å². The first-order valence-corrected chi connectivity index (χ1v) is 8.11. The highest BCUT2D eigenvalue weighted by molar-refractivity contribution is 8.13. The van der Waals surface area contributed by atoms with Gasteiger partial charge in [-0.25, -0.2) is 0 Å². The number of nitrogens with zero attached hydrogens (tertiary/aromatic N) is 1. The summed E-state index contributed by atoms with van der Waals surface area (Å²) in [6.07, 6.45) is 6.93. The average molecular weight is 259 g/mol. The second-order valence-electron chi connectivity index (χ2n) is 4.41. The van der Waals surface area contributed by atoms with Crippen LogP contribution in [-0.2, 0) is 4.79 Å². The van der Waals surface area contributed by atoms with Gasteiger partial charge < -0.3 is 4.90 Å². The van der Waals surface area contributed by atoms with Crippen LogP contribution < -0.4 is 0 Å². The van der Waals surface area contributed by atoms with E-state index < -0.39 is 0 Å². The quantitative estimate of drug-likeness (QED) is 0.524. The lowest BCUT2D eigenvalue weighted by atomic mass is 10.1. The highest BCUT2D eigenvalue weighted by Gasteiger charge is 2.04. The Labute approximate surface area is 112 Å². The van der Waals surface area contributed by atoms with Crippen molar-refractivity contribution in [2.75, 3.05) is 25.4 Å². The molecule has 0 aromatic carbocycles. The van der Waals surface area contributed by atoms with Crippen molar-refractivity contribution in [1.29, 1.82) is 0 Å². The summed E-state index contributed by atoms with van der Waals surface area (Å²) in [5.41, 5.74) is 0. The van der Waals surface area contributed by atoms with Crippen molar-refractivity contribution < 1.29 is 4.79 Å². The third kappa shape index (κ3) is 10.8. The minimum atomic E-state index is 0.383. The van der Waals surface area contributed by atoms with E-state index in [1.54, 1.807) is 0 Å². The molecular weight excluding hydrogens is 230 g/mol. The number of hydrogen-bond acceptors (Lipinski definition) is 3. The molecule has 0 saturated carbocycles. The summed E-state index contributed by atoms with van der Waals surface area (Å²) in [5, 5.41) is 0.383. The smallest absolute Gasteiger partial charge is 0.188 e. The van der Waals surface area contributed by atoms with Crippen molar-refractivity contribution in [1.82, 2.24) is 4.90 Å². The van der Waals surface area contributed by atoms with Crippen LogP contribution >= 0.6 is 11.8 Å². The number of hydrogen-bond donors (Lipinski definition) is 0. The van der Waals surface area contributed by atoms with Gasteiger partial charge in [0.2, 0.25) is 0 Å². The maximum Gasteiger partial charge on any atom is 0.188 e. The summed E-state index contributed by atoms with van der Waals surface area (Å²) in [6.45, 7) is 9.77. The van der Waals surface area contributed by atoms with Gasteiger partial charge in [-0.1, -0.05) is 58.2 Å². The first kappa shape index (κ1) is 17.0. The Morgan fingerprint density at radius 2 is 1.65 bits per heavy atom. The lowest BCUT2D eigenvalue weighted by molar-refractivity contribution is -0.111. The van der Waals surface area contributed by atoms with Gasteiger partial charge in [-0.15, -0.1) is 0 Å². The molecule has 102 valence electrons. The number of unbranched alkanes of at least 4 members (excludes halogenated alkanes) is 4. The van der Waals surface area contributed by atoms with E-state index in [0.717, 1.165) is 38.2 Å². The Hall–Kier alpha value is -0.0200. The highest BCUT2D eigenvalue weighted by atomic mass is 32.2. The molecule has 0 aromatic rings. The summed E-state index contributed by atoms with van der Waals surface area (Å²) >= 11 is 1.52. The van der Waals surface area contributed by atoms with Crippen LogP contribution in [0.1, 0.15) is 59.3 Å². The highest BCUT2D eigenvalue weighted by Crippen LogP contribution is 2.11. The first-order chi connectivity index (χ1) is 8.24. The van der Waals surface area contributed by atoms with Crippen LogP contribution in [0, 0.1) is 0 Å². The van der Waals surface area contributed by atoms with E-state index in [0.29, 0.717) is 5.12 Å². The molecule has 0 spiro atoms. The Balaban J connectivity index is 3.34. The van der Waals surface area contributed by atoms with Gasteiger partial charge in [0.05, 0.1) is 0 Å². The van der Waals surface area contributed by atoms with Crippen molar-refractivity contribution in [3.05, 3.63) is 0 Å². The normalized spacial score (nSPS) is 11.1. The molecule has 0 rings (SSSR count). The molecule has 0 radical (unpaired) electrons. The van der Waals surface area contributed by atoms with Gasteiger partial charge in [-0.3, -0.25) is 4.79 Å². The molecule has 0 heterocycles. The minimum Gasteiger partial charge on any atom is -0.303 e. The zero-order valence-corrected chi connectivity index (χ0v) is 12.7. The number of rotatable bonds is 11. The van der Waals surface area contributed by atoms with Crippen LogP contribution in [0.5, 0.6) is 0 Å². The Morgan fingerprint density at radius 3 is 2.24 bits per heavy atom. The second kappa shape index (κ2) is 12.4. The molecule has 2 nitrogen and oxygen atoms in total. The second-order valence-corrected chi connectivity index (χ2v) is 5.56.